The van der Waals surface area contributed by atoms with E-state index >= 15 is 0 Å². The predicted octanol–water partition coefficient (Wildman–Crippen LogP) is 5.71. The minimum absolute atomic E-state index is 0.0153. The average Bonchev–Trinajstić information content (AvgIpc) is 2.77. The topological polar surface area (TPSA) is 69.4 Å². The van der Waals surface area contributed by atoms with E-state index in [0.717, 1.165) is 29.8 Å². The van der Waals surface area contributed by atoms with Crippen LogP contribution in [0.25, 0.3) is 11.1 Å². The Morgan fingerprint density at radius 2 is 2.00 bits per heavy atom. The van der Waals surface area contributed by atoms with E-state index < -0.39 is 11.9 Å². The molecule has 0 amide bonds. The zero-order valence-corrected chi connectivity index (χ0v) is 18.6. The van der Waals surface area contributed by atoms with Gasteiger partial charge in [0.25, 0.3) is 0 Å². The molecule has 4 rings (SSSR count). The molecule has 1 unspecified atom stereocenters. The molecule has 2 atom stereocenters. The summed E-state index contributed by atoms with van der Waals surface area (Å²) in [6.07, 6.45) is 1.04. The van der Waals surface area contributed by atoms with Crippen molar-refractivity contribution in [3.05, 3.63) is 75.1 Å². The number of hydrogen-bond donors (Lipinski definition) is 2. The summed E-state index contributed by atoms with van der Waals surface area (Å²) in [4.78, 5) is 4.28. The number of rotatable bonds is 5. The molecule has 0 bridgehead atoms. The van der Waals surface area contributed by atoms with Crippen molar-refractivity contribution in [3.8, 4) is 16.9 Å². The standard InChI is InChI=1S/C23H22Cl2FN3O2/c1-12(21-17(24)5-6-18(26)22(21)25)31-19-8-15(10-29-23(19)27)13-3-4-14-9-28-11-20(30-2)16(14)7-13/h3-8,10,12,20,28H,9,11H2,1-2H3,(H2,27,29)/t12-,20?/m1/s1. The number of pyridine rings is 1. The van der Waals surface area contributed by atoms with Gasteiger partial charge in [0.1, 0.15) is 11.9 Å². The van der Waals surface area contributed by atoms with Gasteiger partial charge in [0, 0.05) is 42.5 Å². The first-order valence-electron chi connectivity index (χ1n) is 9.81. The number of anilines is 1. The number of aromatic nitrogens is 1. The first-order valence-corrected chi connectivity index (χ1v) is 10.6. The van der Waals surface area contributed by atoms with Crippen molar-refractivity contribution in [1.29, 1.82) is 0 Å². The Kier molecular flexibility index (Phi) is 6.34. The summed E-state index contributed by atoms with van der Waals surface area (Å²) in [5.41, 5.74) is 10.6. The number of benzene rings is 2. The Hall–Kier alpha value is -2.38. The van der Waals surface area contributed by atoms with E-state index in [2.05, 4.69) is 22.4 Å². The fraction of sp³-hybridized carbons (Fsp3) is 0.261. The van der Waals surface area contributed by atoms with Crippen LogP contribution in [-0.4, -0.2) is 18.6 Å². The fourth-order valence-corrected chi connectivity index (χ4v) is 4.44. The molecular weight excluding hydrogens is 440 g/mol. The zero-order valence-electron chi connectivity index (χ0n) is 17.1. The number of halogens is 3. The predicted molar refractivity (Wildman–Crippen MR) is 121 cm³/mol. The molecule has 31 heavy (non-hydrogen) atoms. The Morgan fingerprint density at radius 1 is 1.19 bits per heavy atom. The van der Waals surface area contributed by atoms with Crippen LogP contribution in [0.15, 0.2) is 42.6 Å². The second kappa shape index (κ2) is 9.01. The number of ether oxygens (including phenoxy) is 2. The third-order valence-electron chi connectivity index (χ3n) is 5.43. The number of nitrogens with one attached hydrogen (secondary N) is 1. The maximum absolute atomic E-state index is 13.9. The normalized spacial score (nSPS) is 16.6. The summed E-state index contributed by atoms with van der Waals surface area (Å²) in [6.45, 7) is 3.29. The molecule has 3 aromatic rings. The lowest BCUT2D eigenvalue weighted by Crippen LogP contribution is -2.29. The molecule has 0 spiro atoms. The molecule has 0 fully saturated rings. The first-order chi connectivity index (χ1) is 14.9. The maximum atomic E-state index is 13.9. The lowest BCUT2D eigenvalue weighted by Gasteiger charge is -2.26. The summed E-state index contributed by atoms with van der Waals surface area (Å²) < 4.78 is 25.5. The van der Waals surface area contributed by atoms with Crippen LogP contribution in [0.4, 0.5) is 10.2 Å². The largest absolute Gasteiger partial charge is 0.482 e. The number of methoxy groups -OCH3 is 1. The molecule has 0 radical (unpaired) electrons. The minimum atomic E-state index is -0.637. The summed E-state index contributed by atoms with van der Waals surface area (Å²) >= 11 is 12.3. The van der Waals surface area contributed by atoms with Crippen molar-refractivity contribution in [3.63, 3.8) is 0 Å². The van der Waals surface area contributed by atoms with E-state index in [9.17, 15) is 4.39 Å². The molecule has 8 heteroatoms. The van der Waals surface area contributed by atoms with Crippen molar-refractivity contribution in [2.75, 3.05) is 19.4 Å². The quantitative estimate of drug-likeness (QED) is 0.476. The fourth-order valence-electron chi connectivity index (χ4n) is 3.77. The Morgan fingerprint density at radius 3 is 2.77 bits per heavy atom. The third kappa shape index (κ3) is 4.34. The van der Waals surface area contributed by atoms with Crippen LogP contribution in [-0.2, 0) is 11.3 Å². The summed E-state index contributed by atoms with van der Waals surface area (Å²) in [5.74, 6) is 0.0212. The molecule has 0 aliphatic carbocycles. The van der Waals surface area contributed by atoms with Gasteiger partial charge in [-0.1, -0.05) is 35.3 Å². The second-order valence-electron chi connectivity index (χ2n) is 7.39. The third-order valence-corrected chi connectivity index (χ3v) is 6.14. The van der Waals surface area contributed by atoms with E-state index in [1.807, 2.05) is 12.1 Å². The molecule has 0 saturated heterocycles. The highest BCUT2D eigenvalue weighted by molar-refractivity contribution is 6.36. The number of nitrogens with two attached hydrogens (primary N) is 1. The van der Waals surface area contributed by atoms with E-state index in [4.69, 9.17) is 38.4 Å². The monoisotopic (exact) mass is 461 g/mol. The molecule has 3 N–H and O–H groups in total. The van der Waals surface area contributed by atoms with Gasteiger partial charge in [-0.25, -0.2) is 9.37 Å². The molecule has 5 nitrogen and oxygen atoms in total. The Bertz CT molecular complexity index is 1130. The molecule has 1 aromatic heterocycles. The number of hydrogen-bond acceptors (Lipinski definition) is 5. The lowest BCUT2D eigenvalue weighted by molar-refractivity contribution is 0.0956. The van der Waals surface area contributed by atoms with Crippen molar-refractivity contribution in [1.82, 2.24) is 10.3 Å². The van der Waals surface area contributed by atoms with Crippen LogP contribution >= 0.6 is 23.2 Å². The molecule has 2 aromatic carbocycles. The van der Waals surface area contributed by atoms with Gasteiger partial charge in [-0.2, -0.15) is 0 Å². The van der Waals surface area contributed by atoms with E-state index in [1.54, 1.807) is 20.2 Å². The molecular formula is C23H22Cl2FN3O2. The van der Waals surface area contributed by atoms with Crippen LogP contribution in [0.5, 0.6) is 5.75 Å². The van der Waals surface area contributed by atoms with Crippen LogP contribution < -0.4 is 15.8 Å². The number of nitrogen functional groups attached to an aromatic ring is 1. The summed E-state index contributed by atoms with van der Waals surface area (Å²) in [6, 6.07) is 10.7. The highest BCUT2D eigenvalue weighted by atomic mass is 35.5. The van der Waals surface area contributed by atoms with Crippen molar-refractivity contribution >= 4 is 29.0 Å². The SMILES string of the molecule is COC1CNCc2ccc(-c3cnc(N)c(O[C@H](C)c4c(Cl)ccc(F)c4Cl)c3)cc21. The van der Waals surface area contributed by atoms with Crippen LogP contribution in [0.2, 0.25) is 10.0 Å². The Labute approximate surface area is 190 Å². The van der Waals surface area contributed by atoms with Crippen molar-refractivity contribution < 1.29 is 13.9 Å². The van der Waals surface area contributed by atoms with E-state index in [0.29, 0.717) is 16.3 Å². The van der Waals surface area contributed by atoms with Gasteiger partial charge < -0.3 is 20.5 Å². The number of fused-ring (bicyclic) bond motifs is 1. The highest BCUT2D eigenvalue weighted by Crippen LogP contribution is 2.37. The number of nitrogens with zero attached hydrogens (tertiary/aromatic N) is 1. The van der Waals surface area contributed by atoms with E-state index in [-0.39, 0.29) is 16.9 Å². The lowest BCUT2D eigenvalue weighted by atomic mass is 9.94. The average molecular weight is 462 g/mol. The zero-order chi connectivity index (χ0) is 22.1. The van der Waals surface area contributed by atoms with E-state index in [1.165, 1.54) is 17.7 Å². The van der Waals surface area contributed by atoms with Gasteiger partial charge in [0.2, 0.25) is 0 Å². The molecule has 2 heterocycles. The van der Waals surface area contributed by atoms with Gasteiger partial charge >= 0.3 is 0 Å². The first kappa shape index (κ1) is 21.8. The van der Waals surface area contributed by atoms with Crippen LogP contribution in [0.1, 0.15) is 35.8 Å². The van der Waals surface area contributed by atoms with Crippen LogP contribution in [0.3, 0.4) is 0 Å². The van der Waals surface area contributed by atoms with Gasteiger partial charge in [0.15, 0.2) is 11.6 Å². The van der Waals surface area contributed by atoms with Crippen LogP contribution in [0, 0.1) is 5.82 Å². The summed E-state index contributed by atoms with van der Waals surface area (Å²) in [5, 5.41) is 3.59. The van der Waals surface area contributed by atoms with Gasteiger partial charge in [0.05, 0.1) is 11.1 Å². The molecule has 0 saturated carbocycles. The van der Waals surface area contributed by atoms with Gasteiger partial charge in [-0.15, -0.1) is 0 Å². The molecule has 1 aliphatic heterocycles. The molecule has 1 aliphatic rings. The second-order valence-corrected chi connectivity index (χ2v) is 8.18. The minimum Gasteiger partial charge on any atom is -0.482 e. The summed E-state index contributed by atoms with van der Waals surface area (Å²) in [7, 11) is 1.70. The van der Waals surface area contributed by atoms with Crippen molar-refractivity contribution in [2.24, 2.45) is 0 Å². The van der Waals surface area contributed by atoms with Gasteiger partial charge in [-0.05, 0) is 47.9 Å². The smallest absolute Gasteiger partial charge is 0.166 e. The molecule has 162 valence electrons. The Balaban J connectivity index is 1.67. The van der Waals surface area contributed by atoms with Gasteiger partial charge in [-0.3, -0.25) is 0 Å². The maximum Gasteiger partial charge on any atom is 0.166 e. The van der Waals surface area contributed by atoms with Crippen molar-refractivity contribution in [2.45, 2.75) is 25.7 Å². The highest BCUT2D eigenvalue weighted by Gasteiger charge is 2.22.